The minimum Gasteiger partial charge on any atom is -0.497 e. The second kappa shape index (κ2) is 13.0. The van der Waals surface area contributed by atoms with Crippen LogP contribution in [0.5, 0.6) is 11.5 Å². The summed E-state index contributed by atoms with van der Waals surface area (Å²) < 4.78 is 11.9. The first-order chi connectivity index (χ1) is 19.4. The number of hydrogen-bond donors (Lipinski definition) is 0. The fourth-order valence-electron chi connectivity index (χ4n) is 3.95. The van der Waals surface area contributed by atoms with Gasteiger partial charge in [0.1, 0.15) is 12.4 Å². The zero-order valence-electron chi connectivity index (χ0n) is 21.3. The Kier molecular flexibility index (Phi) is 9.17. The van der Waals surface area contributed by atoms with Crippen molar-refractivity contribution in [1.29, 1.82) is 0 Å². The number of hydrogen-bond acceptors (Lipinski definition) is 5. The number of benzene rings is 4. The first kappa shape index (κ1) is 28.3. The Bertz CT molecular complexity index is 1550. The Balaban J connectivity index is 1.40. The third-order valence-electron chi connectivity index (χ3n) is 5.98. The fraction of sp³-hybridized carbons (Fsp3) is 0.0968. The molecule has 1 aliphatic heterocycles. The van der Waals surface area contributed by atoms with Gasteiger partial charge in [-0.3, -0.25) is 9.69 Å². The lowest BCUT2D eigenvalue weighted by atomic mass is 10.2. The number of nitrogens with zero attached hydrogens (tertiary/aromatic N) is 2. The van der Waals surface area contributed by atoms with Crippen molar-refractivity contribution >= 4 is 73.7 Å². The van der Waals surface area contributed by atoms with Crippen LogP contribution in [0, 0.1) is 0 Å². The number of amidine groups is 1. The Labute approximate surface area is 255 Å². The van der Waals surface area contributed by atoms with E-state index in [0.29, 0.717) is 43.5 Å². The average molecular weight is 654 g/mol. The van der Waals surface area contributed by atoms with Crippen LogP contribution in [-0.4, -0.2) is 23.1 Å². The van der Waals surface area contributed by atoms with E-state index < -0.39 is 0 Å². The fourth-order valence-corrected chi connectivity index (χ4v) is 6.06. The number of ether oxygens (including phenoxy) is 2. The van der Waals surface area contributed by atoms with Gasteiger partial charge >= 0.3 is 0 Å². The van der Waals surface area contributed by atoms with E-state index in [9.17, 15) is 4.79 Å². The molecule has 0 saturated carbocycles. The van der Waals surface area contributed by atoms with Crippen LogP contribution in [0.4, 0.5) is 5.69 Å². The summed E-state index contributed by atoms with van der Waals surface area (Å²) >= 11 is 17.5. The third kappa shape index (κ3) is 6.91. The first-order valence-electron chi connectivity index (χ1n) is 12.2. The maximum absolute atomic E-state index is 13.6. The molecule has 4 aromatic rings. The number of aliphatic imine (C=N–C) groups is 1. The Morgan fingerprint density at radius 3 is 2.33 bits per heavy atom. The number of halogens is 3. The molecule has 0 radical (unpaired) electrons. The Morgan fingerprint density at radius 1 is 0.950 bits per heavy atom. The van der Waals surface area contributed by atoms with E-state index in [1.807, 2.05) is 91.0 Å². The molecule has 5 rings (SSSR count). The SMILES string of the molecule is COc1ccc(CN2C(=O)/C(=C/c3cc(Cl)c(OCc4ccc(Cl)cc4)c(Br)c3)SC2=Nc2ccccc2)cc1. The number of para-hydroxylation sites is 1. The molecule has 40 heavy (non-hydrogen) atoms. The van der Waals surface area contributed by atoms with Gasteiger partial charge in [-0.1, -0.05) is 65.7 Å². The molecule has 4 aromatic carbocycles. The van der Waals surface area contributed by atoms with Crippen LogP contribution in [0.3, 0.4) is 0 Å². The number of methoxy groups -OCH3 is 1. The molecule has 0 atom stereocenters. The summed E-state index contributed by atoms with van der Waals surface area (Å²) in [5, 5.41) is 1.70. The van der Waals surface area contributed by atoms with E-state index in [0.717, 1.165) is 28.1 Å². The lowest BCUT2D eigenvalue weighted by Gasteiger charge is -2.16. The molecule has 0 aromatic heterocycles. The van der Waals surface area contributed by atoms with Gasteiger partial charge < -0.3 is 9.47 Å². The van der Waals surface area contributed by atoms with Crippen LogP contribution in [0.2, 0.25) is 10.0 Å². The van der Waals surface area contributed by atoms with Crippen LogP contribution in [0.15, 0.2) is 105 Å². The number of thioether (sulfide) groups is 1. The molecule has 0 bridgehead atoms. The molecule has 0 spiro atoms. The normalized spacial score (nSPS) is 15.2. The van der Waals surface area contributed by atoms with Crippen molar-refractivity contribution in [3.8, 4) is 11.5 Å². The van der Waals surface area contributed by atoms with Gasteiger partial charge in [0, 0.05) is 5.02 Å². The monoisotopic (exact) mass is 652 g/mol. The highest BCUT2D eigenvalue weighted by Gasteiger charge is 2.33. The van der Waals surface area contributed by atoms with Gasteiger partial charge in [0.2, 0.25) is 0 Å². The molecule has 1 heterocycles. The number of rotatable bonds is 8. The summed E-state index contributed by atoms with van der Waals surface area (Å²) in [6, 6.07) is 28.3. The van der Waals surface area contributed by atoms with Gasteiger partial charge in [-0.05, 0) is 99.0 Å². The zero-order valence-corrected chi connectivity index (χ0v) is 25.2. The summed E-state index contributed by atoms with van der Waals surface area (Å²) in [5.74, 6) is 1.15. The van der Waals surface area contributed by atoms with E-state index in [2.05, 4.69) is 15.9 Å². The molecule has 5 nitrogen and oxygen atoms in total. The molecule has 0 unspecified atom stereocenters. The first-order valence-corrected chi connectivity index (χ1v) is 14.6. The van der Waals surface area contributed by atoms with Crippen LogP contribution in [0.25, 0.3) is 6.08 Å². The maximum atomic E-state index is 13.6. The summed E-state index contributed by atoms with van der Waals surface area (Å²) in [6.07, 6.45) is 1.82. The molecule has 1 amide bonds. The summed E-state index contributed by atoms with van der Waals surface area (Å²) in [4.78, 5) is 20.6. The van der Waals surface area contributed by atoms with Crippen molar-refractivity contribution in [3.05, 3.63) is 127 Å². The minimum atomic E-state index is -0.134. The third-order valence-corrected chi connectivity index (χ3v) is 8.11. The topological polar surface area (TPSA) is 51.1 Å². The van der Waals surface area contributed by atoms with E-state index in [1.54, 1.807) is 18.1 Å². The van der Waals surface area contributed by atoms with Crippen molar-refractivity contribution in [2.75, 3.05) is 7.11 Å². The van der Waals surface area contributed by atoms with Gasteiger partial charge in [0.05, 0.1) is 33.7 Å². The van der Waals surface area contributed by atoms with Crippen molar-refractivity contribution < 1.29 is 14.3 Å². The van der Waals surface area contributed by atoms with E-state index in [4.69, 9.17) is 37.7 Å². The lowest BCUT2D eigenvalue weighted by Crippen LogP contribution is -2.28. The molecule has 0 N–H and O–H groups in total. The quantitative estimate of drug-likeness (QED) is 0.178. The summed E-state index contributed by atoms with van der Waals surface area (Å²) in [6.45, 7) is 0.713. The van der Waals surface area contributed by atoms with Gasteiger partial charge in [-0.2, -0.15) is 0 Å². The van der Waals surface area contributed by atoms with Gasteiger partial charge in [0.15, 0.2) is 10.9 Å². The van der Waals surface area contributed by atoms with Crippen LogP contribution in [0.1, 0.15) is 16.7 Å². The Hall–Kier alpha value is -3.23. The molecule has 1 fully saturated rings. The predicted molar refractivity (Wildman–Crippen MR) is 168 cm³/mol. The molecule has 0 aliphatic carbocycles. The van der Waals surface area contributed by atoms with Crippen LogP contribution < -0.4 is 9.47 Å². The molecule has 1 aliphatic rings. The number of carbonyl (C=O) groups excluding carboxylic acids is 1. The average Bonchev–Trinajstić information content (AvgIpc) is 3.23. The Morgan fingerprint density at radius 2 is 1.65 bits per heavy atom. The van der Waals surface area contributed by atoms with Gasteiger partial charge in [0.25, 0.3) is 5.91 Å². The van der Waals surface area contributed by atoms with Gasteiger partial charge in [-0.15, -0.1) is 0 Å². The van der Waals surface area contributed by atoms with Crippen molar-refractivity contribution in [2.24, 2.45) is 4.99 Å². The summed E-state index contributed by atoms with van der Waals surface area (Å²) in [7, 11) is 1.63. The van der Waals surface area contributed by atoms with Crippen LogP contribution in [-0.2, 0) is 17.9 Å². The van der Waals surface area contributed by atoms with E-state index >= 15 is 0 Å². The largest absolute Gasteiger partial charge is 0.497 e. The standard InChI is InChI=1S/C31H23BrCl2N2O3S/c1-38-25-13-9-20(10-14-25)18-36-30(37)28(40-31(36)35-24-5-3-2-4-6-24)17-22-15-26(32)29(27(34)16-22)39-19-21-7-11-23(33)12-8-21/h2-17H,18-19H2,1H3/b28-17-,35-31?. The van der Waals surface area contributed by atoms with Gasteiger partial charge in [-0.25, -0.2) is 4.99 Å². The second-order valence-electron chi connectivity index (χ2n) is 8.81. The minimum absolute atomic E-state index is 0.134. The highest BCUT2D eigenvalue weighted by atomic mass is 79.9. The summed E-state index contributed by atoms with van der Waals surface area (Å²) in [5.41, 5.74) is 3.46. The number of amides is 1. The number of carbonyl (C=O) groups is 1. The molecular weight excluding hydrogens is 631 g/mol. The second-order valence-corrected chi connectivity index (χ2v) is 11.5. The van der Waals surface area contributed by atoms with E-state index in [-0.39, 0.29) is 5.91 Å². The van der Waals surface area contributed by atoms with Crippen LogP contribution >= 0.6 is 50.9 Å². The predicted octanol–water partition coefficient (Wildman–Crippen LogP) is 9.15. The lowest BCUT2D eigenvalue weighted by molar-refractivity contribution is -0.122. The smallest absolute Gasteiger partial charge is 0.267 e. The zero-order chi connectivity index (χ0) is 28.1. The highest BCUT2D eigenvalue weighted by molar-refractivity contribution is 9.10. The van der Waals surface area contributed by atoms with Crippen molar-refractivity contribution in [3.63, 3.8) is 0 Å². The van der Waals surface area contributed by atoms with Crippen molar-refractivity contribution in [2.45, 2.75) is 13.2 Å². The molecule has 202 valence electrons. The maximum Gasteiger partial charge on any atom is 0.267 e. The molecular formula is C31H23BrCl2N2O3S. The van der Waals surface area contributed by atoms with Crippen molar-refractivity contribution in [1.82, 2.24) is 4.90 Å². The molecule has 1 saturated heterocycles. The molecule has 9 heteroatoms. The highest BCUT2D eigenvalue weighted by Crippen LogP contribution is 2.39. The van der Waals surface area contributed by atoms with E-state index in [1.165, 1.54) is 11.8 Å².